The number of ether oxygens (including phenoxy) is 3. The maximum atomic E-state index is 14.5. The van der Waals surface area contributed by atoms with Gasteiger partial charge in [-0.2, -0.15) is 0 Å². The Morgan fingerprint density at radius 3 is 2.50 bits per heavy atom. The van der Waals surface area contributed by atoms with Crippen molar-refractivity contribution in [2.75, 3.05) is 26.4 Å². The lowest BCUT2D eigenvalue weighted by Gasteiger charge is -2.31. The molecule has 7 nitrogen and oxygen atoms in total. The van der Waals surface area contributed by atoms with Crippen LogP contribution < -0.4 is 14.8 Å². The summed E-state index contributed by atoms with van der Waals surface area (Å²) in [5, 5.41) is 13.1. The molecule has 0 aliphatic carbocycles. The summed E-state index contributed by atoms with van der Waals surface area (Å²) in [4.78, 5) is 19.6. The van der Waals surface area contributed by atoms with E-state index in [-0.39, 0.29) is 18.9 Å². The summed E-state index contributed by atoms with van der Waals surface area (Å²) in [5.41, 5.74) is 1.77. The average Bonchev–Trinajstić information content (AvgIpc) is 3.43. The number of carbonyl (C=O) groups is 1. The molecule has 1 aliphatic rings. The van der Waals surface area contributed by atoms with Gasteiger partial charge in [-0.05, 0) is 79.1 Å². The van der Waals surface area contributed by atoms with Crippen molar-refractivity contribution in [1.82, 2.24) is 5.32 Å². The molecular formula is C36H35BrCl2N2O5. The highest BCUT2D eigenvalue weighted by molar-refractivity contribution is 9.10. The number of benzene rings is 4. The Morgan fingerprint density at radius 1 is 1.02 bits per heavy atom. The molecule has 0 radical (unpaired) electrons. The number of hydrogen-bond donors (Lipinski definition) is 2. The van der Waals surface area contributed by atoms with Crippen molar-refractivity contribution in [3.05, 3.63) is 128 Å². The van der Waals surface area contributed by atoms with Crippen LogP contribution in [0.5, 0.6) is 11.5 Å². The Morgan fingerprint density at radius 2 is 1.78 bits per heavy atom. The highest BCUT2D eigenvalue weighted by atomic mass is 79.9. The van der Waals surface area contributed by atoms with Crippen molar-refractivity contribution in [3.63, 3.8) is 0 Å². The summed E-state index contributed by atoms with van der Waals surface area (Å²) in [5.74, 6) is 1.47. The molecule has 0 fully saturated rings. The van der Waals surface area contributed by atoms with Crippen molar-refractivity contribution in [3.8, 4) is 11.5 Å². The van der Waals surface area contributed by atoms with Crippen LogP contribution >= 0.6 is 39.1 Å². The van der Waals surface area contributed by atoms with E-state index in [9.17, 15) is 4.79 Å². The minimum Gasteiger partial charge on any atom is -0.494 e. The molecule has 1 heterocycles. The highest BCUT2D eigenvalue weighted by Gasteiger charge is 2.53. The van der Waals surface area contributed by atoms with E-state index in [1.807, 2.05) is 79.7 Å². The van der Waals surface area contributed by atoms with Crippen molar-refractivity contribution in [2.45, 2.75) is 37.8 Å². The lowest BCUT2D eigenvalue weighted by Crippen LogP contribution is -2.50. The second kappa shape index (κ2) is 15.8. The zero-order valence-corrected chi connectivity index (χ0v) is 28.4. The Hall–Kier alpha value is -3.56. The van der Waals surface area contributed by atoms with Crippen molar-refractivity contribution >= 4 is 50.9 Å². The minimum atomic E-state index is -1.41. The third-order valence-electron chi connectivity index (χ3n) is 7.61. The number of amides is 1. The van der Waals surface area contributed by atoms with Crippen LogP contribution in [0.15, 0.2) is 100 Å². The molecule has 0 unspecified atom stereocenters. The molecule has 2 atom stereocenters. The van der Waals surface area contributed by atoms with Gasteiger partial charge in [0.05, 0.1) is 13.2 Å². The fourth-order valence-electron chi connectivity index (χ4n) is 5.36. The summed E-state index contributed by atoms with van der Waals surface area (Å²) >= 11 is 16.6. The van der Waals surface area contributed by atoms with Gasteiger partial charge < -0.3 is 24.6 Å². The molecule has 46 heavy (non-hydrogen) atoms. The minimum absolute atomic E-state index is 0.0545. The monoisotopic (exact) mass is 724 g/mol. The molecule has 240 valence electrons. The SMILES string of the molecule is CCOc1ccccc1CCNC(=O)[C@]1(Cc2ccc(Br)cc2)N=C(c2ccc(OCCCO)cc2)O[C@@H]1c1ccc(Cl)cc1Cl. The van der Waals surface area contributed by atoms with E-state index in [0.29, 0.717) is 65.4 Å². The third kappa shape index (κ3) is 8.04. The first-order valence-electron chi connectivity index (χ1n) is 15.1. The van der Waals surface area contributed by atoms with E-state index < -0.39 is 11.6 Å². The van der Waals surface area contributed by atoms with Crippen LogP contribution in [0.25, 0.3) is 0 Å². The Balaban J connectivity index is 1.53. The number of carbonyl (C=O) groups excluding carboxylic acids is 1. The highest BCUT2D eigenvalue weighted by Crippen LogP contribution is 2.45. The number of nitrogens with zero attached hydrogens (tertiary/aromatic N) is 1. The summed E-state index contributed by atoms with van der Waals surface area (Å²) in [6.45, 7) is 3.31. The predicted molar refractivity (Wildman–Crippen MR) is 185 cm³/mol. The van der Waals surface area contributed by atoms with E-state index >= 15 is 0 Å². The van der Waals surface area contributed by atoms with Crippen LogP contribution in [-0.2, 0) is 22.4 Å². The zero-order valence-electron chi connectivity index (χ0n) is 25.3. The number of aliphatic hydroxyl groups is 1. The number of aliphatic hydroxyl groups excluding tert-OH is 1. The maximum absolute atomic E-state index is 14.5. The largest absolute Gasteiger partial charge is 0.494 e. The van der Waals surface area contributed by atoms with Crippen molar-refractivity contribution in [2.24, 2.45) is 4.99 Å². The molecule has 2 N–H and O–H groups in total. The van der Waals surface area contributed by atoms with Gasteiger partial charge in [0.1, 0.15) is 11.5 Å². The van der Waals surface area contributed by atoms with Crippen LogP contribution in [0.2, 0.25) is 10.0 Å². The smallest absolute Gasteiger partial charge is 0.252 e. The number of para-hydroxylation sites is 1. The molecule has 1 amide bonds. The lowest BCUT2D eigenvalue weighted by molar-refractivity contribution is -0.128. The Bertz CT molecular complexity index is 1670. The van der Waals surface area contributed by atoms with Gasteiger partial charge in [-0.15, -0.1) is 0 Å². The first-order chi connectivity index (χ1) is 22.3. The number of rotatable bonds is 14. The van der Waals surface area contributed by atoms with Crippen LogP contribution in [0.1, 0.15) is 41.7 Å². The standard InChI is InChI=1S/C36H35BrCl2N2O5/c1-2-44-32-7-4-3-6-25(32)18-19-40-35(43)36(23-24-8-12-27(37)13-9-24)33(30-17-14-28(38)22-31(30)39)46-34(41-36)26-10-15-29(16-11-26)45-21-5-20-42/h3-4,6-17,22,33,42H,2,5,18-21,23H2,1H3,(H,40,43)/t33-,36-/m1/s1. The summed E-state index contributed by atoms with van der Waals surface area (Å²) < 4.78 is 19.0. The Kier molecular flexibility index (Phi) is 11.6. The third-order valence-corrected chi connectivity index (χ3v) is 8.71. The normalized spacial score (nSPS) is 17.2. The molecule has 10 heteroatoms. The zero-order chi connectivity index (χ0) is 32.5. The second-order valence-electron chi connectivity index (χ2n) is 10.8. The summed E-state index contributed by atoms with van der Waals surface area (Å²) in [7, 11) is 0. The van der Waals surface area contributed by atoms with Crippen LogP contribution in [0, 0.1) is 0 Å². The van der Waals surface area contributed by atoms with Gasteiger partial charge >= 0.3 is 0 Å². The van der Waals surface area contributed by atoms with Crippen LogP contribution in [-0.4, -0.2) is 48.8 Å². The lowest BCUT2D eigenvalue weighted by atomic mass is 9.82. The fraction of sp³-hybridized carbons (Fsp3) is 0.278. The predicted octanol–water partition coefficient (Wildman–Crippen LogP) is 7.77. The fourth-order valence-corrected chi connectivity index (χ4v) is 6.13. The van der Waals surface area contributed by atoms with Crippen LogP contribution in [0.3, 0.4) is 0 Å². The molecule has 1 aliphatic heterocycles. The molecule has 0 saturated carbocycles. The molecule has 0 bridgehead atoms. The van der Waals surface area contributed by atoms with E-state index in [4.69, 9.17) is 47.5 Å². The first-order valence-corrected chi connectivity index (χ1v) is 16.7. The van der Waals surface area contributed by atoms with Gasteiger partial charge in [0, 0.05) is 51.6 Å². The van der Waals surface area contributed by atoms with Gasteiger partial charge in [0.25, 0.3) is 5.91 Å². The number of aliphatic imine (C=N–C) groups is 1. The maximum Gasteiger partial charge on any atom is 0.252 e. The van der Waals surface area contributed by atoms with Gasteiger partial charge in [0.15, 0.2) is 11.6 Å². The second-order valence-corrected chi connectivity index (χ2v) is 12.6. The molecule has 5 rings (SSSR count). The van der Waals surface area contributed by atoms with Crippen molar-refractivity contribution in [1.29, 1.82) is 0 Å². The van der Waals surface area contributed by atoms with Gasteiger partial charge in [-0.3, -0.25) is 4.79 Å². The Labute approximate surface area is 287 Å². The van der Waals surface area contributed by atoms with Gasteiger partial charge in [-0.1, -0.05) is 75.5 Å². The molecule has 0 spiro atoms. The van der Waals surface area contributed by atoms with Crippen molar-refractivity contribution < 1.29 is 24.1 Å². The van der Waals surface area contributed by atoms with E-state index in [1.54, 1.807) is 18.2 Å². The van der Waals surface area contributed by atoms with E-state index in [2.05, 4.69) is 21.2 Å². The van der Waals surface area contributed by atoms with E-state index in [1.165, 1.54) is 0 Å². The molecule has 4 aromatic carbocycles. The molecule has 0 saturated heterocycles. The number of nitrogens with one attached hydrogen (secondary N) is 1. The average molecular weight is 726 g/mol. The quantitative estimate of drug-likeness (QED) is 0.130. The molecular weight excluding hydrogens is 691 g/mol. The van der Waals surface area contributed by atoms with Gasteiger partial charge in [-0.25, -0.2) is 4.99 Å². The summed E-state index contributed by atoms with van der Waals surface area (Å²) in [6, 6.07) is 28.1. The number of halogens is 3. The first kappa shape index (κ1) is 33.8. The topological polar surface area (TPSA) is 89.4 Å². The summed E-state index contributed by atoms with van der Waals surface area (Å²) in [6.07, 6.45) is 0.494. The molecule has 4 aromatic rings. The van der Waals surface area contributed by atoms with Crippen LogP contribution in [0.4, 0.5) is 0 Å². The van der Waals surface area contributed by atoms with Gasteiger partial charge in [0.2, 0.25) is 5.90 Å². The number of hydrogen-bond acceptors (Lipinski definition) is 6. The van der Waals surface area contributed by atoms with E-state index in [0.717, 1.165) is 21.3 Å². The molecule has 0 aromatic heterocycles.